The Morgan fingerprint density at radius 3 is 2.35 bits per heavy atom. The summed E-state index contributed by atoms with van der Waals surface area (Å²) >= 11 is 0. The molecule has 7 heteroatoms. The van der Waals surface area contributed by atoms with Crippen molar-refractivity contribution in [3.8, 4) is 28.4 Å². The van der Waals surface area contributed by atoms with Crippen LogP contribution in [0.2, 0.25) is 0 Å². The maximum absolute atomic E-state index is 12.8. The summed E-state index contributed by atoms with van der Waals surface area (Å²) in [7, 11) is 3.13. The number of carbonyl (C=O) groups excluding carboxylic acids is 1. The number of aryl methyl sites for hydroxylation is 1. The van der Waals surface area contributed by atoms with E-state index in [1.807, 2.05) is 24.3 Å². The van der Waals surface area contributed by atoms with Gasteiger partial charge >= 0.3 is 6.61 Å². The highest BCUT2D eigenvalue weighted by molar-refractivity contribution is 5.92. The number of benzene rings is 3. The van der Waals surface area contributed by atoms with Crippen LogP contribution in [0.5, 0.6) is 17.2 Å². The molecule has 3 rings (SSSR count). The number of rotatable bonds is 9. The molecule has 0 aromatic heterocycles. The van der Waals surface area contributed by atoms with Crippen molar-refractivity contribution < 1.29 is 27.8 Å². The zero-order valence-corrected chi connectivity index (χ0v) is 17.2. The molecule has 0 radical (unpaired) electrons. The van der Waals surface area contributed by atoms with Crippen LogP contribution in [0.4, 0.5) is 14.5 Å². The average Bonchev–Trinajstić information content (AvgIpc) is 2.78. The molecular weight excluding hydrogens is 404 g/mol. The van der Waals surface area contributed by atoms with Crippen LogP contribution in [0, 0.1) is 0 Å². The molecule has 0 unspecified atom stereocenters. The Bertz CT molecular complexity index is 1020. The number of halogens is 2. The van der Waals surface area contributed by atoms with Crippen molar-refractivity contribution in [3.63, 3.8) is 0 Å². The van der Waals surface area contributed by atoms with Crippen LogP contribution in [0.3, 0.4) is 0 Å². The summed E-state index contributed by atoms with van der Waals surface area (Å²) in [6, 6.07) is 19.0. The molecule has 1 amide bonds. The largest absolute Gasteiger partial charge is 0.497 e. The van der Waals surface area contributed by atoms with Crippen molar-refractivity contribution in [1.82, 2.24) is 0 Å². The third-order valence-electron chi connectivity index (χ3n) is 4.69. The molecule has 0 saturated carbocycles. The van der Waals surface area contributed by atoms with Crippen molar-refractivity contribution in [3.05, 3.63) is 72.3 Å². The molecule has 3 aromatic carbocycles. The summed E-state index contributed by atoms with van der Waals surface area (Å²) in [6.45, 7) is -2.96. The van der Waals surface area contributed by atoms with Crippen molar-refractivity contribution in [2.24, 2.45) is 0 Å². The van der Waals surface area contributed by atoms with Gasteiger partial charge in [-0.15, -0.1) is 0 Å². The molecule has 0 fully saturated rings. The molecule has 0 saturated heterocycles. The zero-order chi connectivity index (χ0) is 22.2. The number of hydrogen-bond donors (Lipinski definition) is 1. The van der Waals surface area contributed by atoms with Gasteiger partial charge in [-0.1, -0.05) is 30.3 Å². The van der Waals surface area contributed by atoms with Gasteiger partial charge in [0.05, 0.1) is 14.2 Å². The molecule has 0 atom stereocenters. The van der Waals surface area contributed by atoms with E-state index < -0.39 is 6.61 Å². The van der Waals surface area contributed by atoms with Gasteiger partial charge in [-0.25, -0.2) is 0 Å². The Hall–Kier alpha value is -3.61. The highest BCUT2D eigenvalue weighted by atomic mass is 19.3. The second-order valence-corrected chi connectivity index (χ2v) is 6.68. The van der Waals surface area contributed by atoms with Gasteiger partial charge in [0.1, 0.15) is 17.2 Å². The Morgan fingerprint density at radius 1 is 0.935 bits per heavy atom. The summed E-state index contributed by atoms with van der Waals surface area (Å²) in [5.41, 5.74) is 2.50. The lowest BCUT2D eigenvalue weighted by Crippen LogP contribution is -2.13. The van der Waals surface area contributed by atoms with E-state index in [0.29, 0.717) is 29.0 Å². The van der Waals surface area contributed by atoms with Gasteiger partial charge in [-0.3, -0.25) is 4.79 Å². The number of alkyl halides is 2. The number of methoxy groups -OCH3 is 2. The van der Waals surface area contributed by atoms with Crippen LogP contribution in [0.15, 0.2) is 66.7 Å². The summed E-state index contributed by atoms with van der Waals surface area (Å²) in [6.07, 6.45) is 0.751. The first-order valence-corrected chi connectivity index (χ1v) is 9.65. The van der Waals surface area contributed by atoms with Gasteiger partial charge < -0.3 is 19.5 Å². The monoisotopic (exact) mass is 427 g/mol. The van der Waals surface area contributed by atoms with E-state index in [1.54, 1.807) is 44.6 Å². The number of anilines is 1. The highest BCUT2D eigenvalue weighted by Gasteiger charge is 2.14. The number of ether oxygens (including phenoxy) is 3. The minimum atomic E-state index is -2.96. The summed E-state index contributed by atoms with van der Waals surface area (Å²) in [5.74, 6) is 1.19. The summed E-state index contributed by atoms with van der Waals surface area (Å²) in [5, 5.41) is 2.82. The molecule has 162 valence electrons. The minimum Gasteiger partial charge on any atom is -0.497 e. The van der Waals surface area contributed by atoms with Crippen LogP contribution < -0.4 is 19.5 Å². The van der Waals surface area contributed by atoms with Crippen molar-refractivity contribution in [2.75, 3.05) is 19.5 Å². The zero-order valence-electron chi connectivity index (χ0n) is 17.2. The number of para-hydroxylation sites is 1. The maximum atomic E-state index is 12.8. The fourth-order valence-electron chi connectivity index (χ4n) is 3.18. The Labute approximate surface area is 179 Å². The molecule has 31 heavy (non-hydrogen) atoms. The fourth-order valence-corrected chi connectivity index (χ4v) is 3.18. The predicted octanol–water partition coefficient (Wildman–Crippen LogP) is 5.54. The van der Waals surface area contributed by atoms with Gasteiger partial charge in [0.25, 0.3) is 0 Å². The van der Waals surface area contributed by atoms with Crippen molar-refractivity contribution in [2.45, 2.75) is 19.5 Å². The van der Waals surface area contributed by atoms with Crippen LogP contribution >= 0.6 is 0 Å². The average molecular weight is 427 g/mol. The first-order chi connectivity index (χ1) is 15.0. The summed E-state index contributed by atoms with van der Waals surface area (Å²) in [4.78, 5) is 12.5. The number of nitrogens with one attached hydrogen (secondary N) is 1. The second kappa shape index (κ2) is 10.4. The third-order valence-corrected chi connectivity index (χ3v) is 4.69. The van der Waals surface area contributed by atoms with Gasteiger partial charge in [0.2, 0.25) is 5.91 Å². The van der Waals surface area contributed by atoms with Gasteiger partial charge in [0, 0.05) is 17.7 Å². The van der Waals surface area contributed by atoms with E-state index in [0.717, 1.165) is 11.3 Å². The van der Waals surface area contributed by atoms with Crippen molar-refractivity contribution in [1.29, 1.82) is 0 Å². The van der Waals surface area contributed by atoms with Crippen LogP contribution in [0.25, 0.3) is 11.1 Å². The standard InChI is InChI=1S/C24H23F2NO4/c1-29-19-11-7-16(8-12-19)20-15-18(10-13-22(20)31-24(25)26)27-23(28)14-9-17-5-3-4-6-21(17)30-2/h3-8,10-13,15,24H,9,14H2,1-2H3,(H,27,28). The quantitative estimate of drug-likeness (QED) is 0.487. The first kappa shape index (κ1) is 22.1. The molecule has 1 N–H and O–H groups in total. The van der Waals surface area contributed by atoms with E-state index in [4.69, 9.17) is 9.47 Å². The third kappa shape index (κ3) is 5.94. The number of hydrogen-bond acceptors (Lipinski definition) is 4. The highest BCUT2D eigenvalue weighted by Crippen LogP contribution is 2.34. The van der Waals surface area contributed by atoms with E-state index >= 15 is 0 Å². The molecule has 3 aromatic rings. The smallest absolute Gasteiger partial charge is 0.387 e. The van der Waals surface area contributed by atoms with E-state index in [1.165, 1.54) is 12.1 Å². The lowest BCUT2D eigenvalue weighted by molar-refractivity contribution is -0.116. The molecule has 0 aliphatic rings. The molecule has 0 bridgehead atoms. The minimum absolute atomic E-state index is 0.0205. The fraction of sp³-hybridized carbons (Fsp3) is 0.208. The van der Waals surface area contributed by atoms with Gasteiger partial charge in [0.15, 0.2) is 0 Å². The molecule has 5 nitrogen and oxygen atoms in total. The van der Waals surface area contributed by atoms with Crippen LogP contribution in [-0.4, -0.2) is 26.7 Å². The predicted molar refractivity (Wildman–Crippen MR) is 115 cm³/mol. The SMILES string of the molecule is COc1ccc(-c2cc(NC(=O)CCc3ccccc3OC)ccc2OC(F)F)cc1. The van der Waals surface area contributed by atoms with Gasteiger partial charge in [-0.2, -0.15) is 8.78 Å². The molecule has 0 aliphatic heterocycles. The van der Waals surface area contributed by atoms with E-state index in [9.17, 15) is 13.6 Å². The molecule has 0 heterocycles. The number of carbonyl (C=O) groups is 1. The Morgan fingerprint density at radius 2 is 1.68 bits per heavy atom. The topological polar surface area (TPSA) is 56.8 Å². The maximum Gasteiger partial charge on any atom is 0.387 e. The molecule has 0 spiro atoms. The summed E-state index contributed by atoms with van der Waals surface area (Å²) < 4.78 is 40.8. The van der Waals surface area contributed by atoms with E-state index in [-0.39, 0.29) is 18.1 Å². The Balaban J connectivity index is 1.77. The Kier molecular flexibility index (Phi) is 7.43. The normalized spacial score (nSPS) is 10.6. The van der Waals surface area contributed by atoms with Crippen LogP contribution in [0.1, 0.15) is 12.0 Å². The molecular formula is C24H23F2NO4. The number of amides is 1. The lowest BCUT2D eigenvalue weighted by Gasteiger charge is -2.14. The van der Waals surface area contributed by atoms with Gasteiger partial charge in [-0.05, 0) is 53.9 Å². The van der Waals surface area contributed by atoms with Crippen LogP contribution in [-0.2, 0) is 11.2 Å². The van der Waals surface area contributed by atoms with Crippen molar-refractivity contribution >= 4 is 11.6 Å². The van der Waals surface area contributed by atoms with E-state index in [2.05, 4.69) is 10.1 Å². The second-order valence-electron chi connectivity index (χ2n) is 6.68. The molecule has 0 aliphatic carbocycles. The first-order valence-electron chi connectivity index (χ1n) is 9.65. The lowest BCUT2D eigenvalue weighted by atomic mass is 10.0.